The van der Waals surface area contributed by atoms with Gasteiger partial charge < -0.3 is 4.74 Å². The molecule has 25 heavy (non-hydrogen) atoms. The first kappa shape index (κ1) is 22.6. The topological polar surface area (TPSA) is 9.23 Å². The van der Waals surface area contributed by atoms with Crippen molar-refractivity contribution >= 4 is 95.6 Å². The van der Waals surface area contributed by atoms with Crippen LogP contribution in [0, 0.1) is 0 Å². The predicted octanol–water partition coefficient (Wildman–Crippen LogP) is 7.61. The fourth-order valence-electron chi connectivity index (χ4n) is 2.28. The van der Waals surface area contributed by atoms with Gasteiger partial charge in [0.25, 0.3) is 0 Å². The minimum atomic E-state index is -0.242. The molecule has 0 bridgehead atoms. The lowest BCUT2D eigenvalue weighted by molar-refractivity contribution is 0.193. The van der Waals surface area contributed by atoms with Crippen LogP contribution in [0.4, 0.5) is 0 Å². The molecule has 0 aromatic carbocycles. The van der Waals surface area contributed by atoms with Crippen molar-refractivity contribution in [3.63, 3.8) is 0 Å². The SMILES string of the molecule is BrC1=CC=CC(Br)(C=CCOCC=CC2(Br)C=CC=C(Br)C2Br)C1Br. The van der Waals surface area contributed by atoms with E-state index in [0.29, 0.717) is 13.2 Å². The van der Waals surface area contributed by atoms with Gasteiger partial charge in [0.2, 0.25) is 0 Å². The second-order valence-electron chi connectivity index (χ2n) is 5.54. The minimum Gasteiger partial charge on any atom is -0.373 e. The molecular weight excluding hydrogens is 712 g/mol. The highest BCUT2D eigenvalue weighted by atomic mass is 79.9. The molecule has 1 nitrogen and oxygen atoms in total. The van der Waals surface area contributed by atoms with Crippen LogP contribution in [-0.4, -0.2) is 31.5 Å². The van der Waals surface area contributed by atoms with Gasteiger partial charge in [-0.05, 0) is 0 Å². The summed E-state index contributed by atoms with van der Waals surface area (Å²) < 4.78 is 7.41. The van der Waals surface area contributed by atoms with Crippen LogP contribution >= 0.6 is 95.6 Å². The Hall–Kier alpha value is 1.28. The number of allylic oxidation sites excluding steroid dienone is 10. The lowest BCUT2D eigenvalue weighted by atomic mass is 10.00. The fraction of sp³-hybridized carbons (Fsp3) is 0.333. The normalized spacial score (nSPS) is 35.4. The van der Waals surface area contributed by atoms with Gasteiger partial charge in [-0.1, -0.05) is 156 Å². The molecule has 0 saturated carbocycles. The first-order valence-electron chi connectivity index (χ1n) is 7.47. The van der Waals surface area contributed by atoms with Crippen molar-refractivity contribution in [2.75, 3.05) is 13.2 Å². The lowest BCUT2D eigenvalue weighted by Crippen LogP contribution is -2.29. The first-order chi connectivity index (χ1) is 11.8. The molecule has 4 atom stereocenters. The largest absolute Gasteiger partial charge is 0.373 e. The summed E-state index contributed by atoms with van der Waals surface area (Å²) in [5.74, 6) is 0. The molecule has 0 spiro atoms. The van der Waals surface area contributed by atoms with Gasteiger partial charge in [-0.15, -0.1) is 0 Å². The second kappa shape index (κ2) is 10.2. The zero-order valence-electron chi connectivity index (χ0n) is 13.0. The van der Waals surface area contributed by atoms with E-state index >= 15 is 0 Å². The molecule has 136 valence electrons. The summed E-state index contributed by atoms with van der Waals surface area (Å²) >= 11 is 22.0. The van der Waals surface area contributed by atoms with Gasteiger partial charge in [0.05, 0.1) is 31.5 Å². The highest BCUT2D eigenvalue weighted by Gasteiger charge is 2.33. The Kier molecular flexibility index (Phi) is 9.18. The average Bonchev–Trinajstić information content (AvgIpc) is 2.57. The van der Waals surface area contributed by atoms with E-state index in [-0.39, 0.29) is 18.3 Å². The molecule has 0 saturated heterocycles. The third-order valence-corrected chi connectivity index (χ3v) is 12.0. The summed E-state index contributed by atoms with van der Waals surface area (Å²) in [6.07, 6.45) is 20.6. The second-order valence-corrected chi connectivity index (χ2v) is 12.0. The van der Waals surface area contributed by atoms with E-state index in [4.69, 9.17) is 4.74 Å². The molecule has 0 aromatic heterocycles. The Labute approximate surface area is 199 Å². The van der Waals surface area contributed by atoms with E-state index in [1.807, 2.05) is 36.5 Å². The van der Waals surface area contributed by atoms with Crippen molar-refractivity contribution in [3.8, 4) is 0 Å². The van der Waals surface area contributed by atoms with Crippen LogP contribution in [-0.2, 0) is 4.74 Å². The monoisotopic (exact) mass is 722 g/mol. The molecule has 4 unspecified atom stereocenters. The number of rotatable bonds is 6. The summed E-state index contributed by atoms with van der Waals surface area (Å²) in [5.41, 5.74) is 0. The molecule has 0 N–H and O–H groups in total. The molecule has 0 radical (unpaired) electrons. The van der Waals surface area contributed by atoms with E-state index in [9.17, 15) is 0 Å². The van der Waals surface area contributed by atoms with Crippen molar-refractivity contribution in [3.05, 3.63) is 69.7 Å². The Morgan fingerprint density at radius 1 is 0.840 bits per heavy atom. The molecule has 0 aromatic rings. The van der Waals surface area contributed by atoms with E-state index in [1.165, 1.54) is 0 Å². The van der Waals surface area contributed by atoms with Crippen molar-refractivity contribution in [2.45, 2.75) is 18.3 Å². The van der Waals surface area contributed by atoms with Crippen molar-refractivity contribution in [1.29, 1.82) is 0 Å². The van der Waals surface area contributed by atoms with Gasteiger partial charge in [-0.25, -0.2) is 0 Å². The van der Waals surface area contributed by atoms with Gasteiger partial charge in [-0.3, -0.25) is 0 Å². The van der Waals surface area contributed by atoms with E-state index in [0.717, 1.165) is 8.96 Å². The van der Waals surface area contributed by atoms with Gasteiger partial charge in [0.1, 0.15) is 0 Å². The molecule has 2 rings (SSSR count). The summed E-state index contributed by atoms with van der Waals surface area (Å²) in [7, 11) is 0. The van der Waals surface area contributed by atoms with Crippen molar-refractivity contribution in [2.24, 2.45) is 0 Å². The highest BCUT2D eigenvalue weighted by molar-refractivity contribution is 9.15. The van der Waals surface area contributed by atoms with Crippen molar-refractivity contribution < 1.29 is 4.74 Å². The van der Waals surface area contributed by atoms with Crippen LogP contribution in [0.1, 0.15) is 0 Å². The molecule has 0 fully saturated rings. The summed E-state index contributed by atoms with van der Waals surface area (Å²) in [6.45, 7) is 1.11. The van der Waals surface area contributed by atoms with Crippen molar-refractivity contribution in [1.82, 2.24) is 0 Å². The quantitative estimate of drug-likeness (QED) is 0.156. The maximum atomic E-state index is 5.68. The van der Waals surface area contributed by atoms with Crippen LogP contribution in [0.2, 0.25) is 0 Å². The smallest absolute Gasteiger partial charge is 0.0791 e. The summed E-state index contributed by atoms with van der Waals surface area (Å²) in [5, 5.41) is 0. The molecule has 2 aliphatic rings. The zero-order valence-corrected chi connectivity index (χ0v) is 22.5. The van der Waals surface area contributed by atoms with Gasteiger partial charge in [0.15, 0.2) is 0 Å². The number of alkyl halides is 4. The number of hydrogen-bond acceptors (Lipinski definition) is 1. The predicted molar refractivity (Wildman–Crippen MR) is 130 cm³/mol. The van der Waals surface area contributed by atoms with Gasteiger partial charge in [0, 0.05) is 8.96 Å². The Bertz CT molecular complexity index is 606. The minimum absolute atomic E-state index is 0.162. The van der Waals surface area contributed by atoms with Crippen LogP contribution in [0.3, 0.4) is 0 Å². The first-order valence-corrected chi connectivity index (χ1v) is 12.5. The van der Waals surface area contributed by atoms with Gasteiger partial charge >= 0.3 is 0 Å². The third-order valence-electron chi connectivity index (χ3n) is 3.65. The Balaban J connectivity index is 1.79. The zero-order chi connectivity index (χ0) is 18.5. The molecule has 0 aliphatic heterocycles. The van der Waals surface area contributed by atoms with Crippen LogP contribution in [0.15, 0.2) is 69.7 Å². The van der Waals surface area contributed by atoms with Crippen LogP contribution in [0.5, 0.6) is 0 Å². The maximum absolute atomic E-state index is 5.68. The third kappa shape index (κ3) is 6.13. The molecule has 7 heteroatoms. The van der Waals surface area contributed by atoms with E-state index in [1.54, 1.807) is 0 Å². The molecule has 2 aliphatic carbocycles. The maximum Gasteiger partial charge on any atom is 0.0791 e. The molecule has 0 amide bonds. The fourth-order valence-corrected chi connectivity index (χ4v) is 6.04. The molecule has 0 heterocycles. The van der Waals surface area contributed by atoms with E-state index in [2.05, 4.69) is 120 Å². The van der Waals surface area contributed by atoms with Gasteiger partial charge in [-0.2, -0.15) is 0 Å². The van der Waals surface area contributed by atoms with E-state index < -0.39 is 0 Å². The number of hydrogen-bond donors (Lipinski definition) is 0. The Morgan fingerprint density at radius 3 is 1.64 bits per heavy atom. The standard InChI is InChI=1S/C18H16Br6O/c19-13-5-1-7-17(23,15(13)21)9-3-11-25-12-4-10-18(24)8-2-6-14(20)16(18)22/h1-10,15-16H,11-12H2. The number of ether oxygens (including phenoxy) is 1. The summed E-state index contributed by atoms with van der Waals surface area (Å²) in [4.78, 5) is 0.324. The number of halogens is 6. The van der Waals surface area contributed by atoms with Crippen LogP contribution < -0.4 is 0 Å². The highest BCUT2D eigenvalue weighted by Crippen LogP contribution is 2.41. The summed E-state index contributed by atoms with van der Waals surface area (Å²) in [6, 6.07) is 0. The molecular formula is C18H16Br6O. The van der Waals surface area contributed by atoms with Crippen LogP contribution in [0.25, 0.3) is 0 Å². The Morgan fingerprint density at radius 2 is 1.24 bits per heavy atom. The average molecular weight is 728 g/mol. The lowest BCUT2D eigenvalue weighted by Gasteiger charge is -2.28.